The molecule has 0 saturated heterocycles. The van der Waals surface area contributed by atoms with Crippen LogP contribution in [-0.4, -0.2) is 19.0 Å². The van der Waals surface area contributed by atoms with E-state index in [1.807, 2.05) is 12.2 Å². The molecule has 3 N–H and O–H groups in total. The normalized spacial score (nSPS) is 34.5. The van der Waals surface area contributed by atoms with Crippen molar-refractivity contribution in [3.8, 4) is 0 Å². The maximum atomic E-state index is 11.6. The molecular formula is C11H18N2O. The molecule has 14 heavy (non-hydrogen) atoms. The summed E-state index contributed by atoms with van der Waals surface area (Å²) in [4.78, 5) is 11.6. The molecule has 2 rings (SSSR count). The van der Waals surface area contributed by atoms with Gasteiger partial charge in [-0.1, -0.05) is 12.2 Å². The predicted octanol–water partition coefficient (Wildman–Crippen LogP) is 0.664. The number of nitrogens with two attached hydrogens (primary N) is 1. The second kappa shape index (κ2) is 4.13. The van der Waals surface area contributed by atoms with Gasteiger partial charge in [-0.2, -0.15) is 0 Å². The summed E-state index contributed by atoms with van der Waals surface area (Å²) in [5, 5.41) is 2.92. The van der Waals surface area contributed by atoms with Gasteiger partial charge in [0.2, 0.25) is 5.91 Å². The Kier molecular flexibility index (Phi) is 2.87. The van der Waals surface area contributed by atoms with Crippen molar-refractivity contribution in [1.29, 1.82) is 0 Å². The highest BCUT2D eigenvalue weighted by Gasteiger charge is 2.47. The van der Waals surface area contributed by atoms with E-state index in [1.54, 1.807) is 0 Å². The minimum absolute atomic E-state index is 0.235. The van der Waals surface area contributed by atoms with Crippen molar-refractivity contribution in [2.45, 2.75) is 19.3 Å². The van der Waals surface area contributed by atoms with Gasteiger partial charge >= 0.3 is 0 Å². The minimum Gasteiger partial charge on any atom is -0.352 e. The molecular weight excluding hydrogens is 176 g/mol. The Morgan fingerprint density at radius 1 is 1.29 bits per heavy atom. The maximum absolute atomic E-state index is 11.6. The summed E-state index contributed by atoms with van der Waals surface area (Å²) >= 11 is 0. The third kappa shape index (κ3) is 2.15. The summed E-state index contributed by atoms with van der Waals surface area (Å²) in [5.41, 5.74) is 5.29. The van der Waals surface area contributed by atoms with E-state index >= 15 is 0 Å². The van der Waals surface area contributed by atoms with Crippen molar-refractivity contribution in [2.75, 3.05) is 13.1 Å². The molecule has 0 radical (unpaired) electrons. The maximum Gasteiger partial charge on any atom is 0.223 e. The first-order valence-corrected chi connectivity index (χ1v) is 5.44. The molecule has 2 saturated carbocycles. The third-order valence-corrected chi connectivity index (χ3v) is 3.31. The van der Waals surface area contributed by atoms with Crippen LogP contribution in [0, 0.1) is 17.8 Å². The van der Waals surface area contributed by atoms with E-state index in [2.05, 4.69) is 5.32 Å². The van der Waals surface area contributed by atoms with Crippen molar-refractivity contribution in [3.05, 3.63) is 12.2 Å². The largest absolute Gasteiger partial charge is 0.352 e. The Hall–Kier alpha value is -0.830. The van der Waals surface area contributed by atoms with Gasteiger partial charge in [0.05, 0.1) is 0 Å². The lowest BCUT2D eigenvalue weighted by Gasteiger charge is -2.10. The molecule has 78 valence electrons. The van der Waals surface area contributed by atoms with E-state index in [0.29, 0.717) is 19.0 Å². The standard InChI is InChI=1S/C11H18N2O/c12-3-1-2-4-13-11(14)10-6-8-5-9(8)7-10/h1-2,8-10H,3-7,12H2,(H,13,14)/b2-1+. The van der Waals surface area contributed by atoms with Gasteiger partial charge in [0.1, 0.15) is 0 Å². The zero-order valence-electron chi connectivity index (χ0n) is 8.41. The second-order valence-electron chi connectivity index (χ2n) is 4.38. The lowest BCUT2D eigenvalue weighted by molar-refractivity contribution is -0.124. The van der Waals surface area contributed by atoms with E-state index in [0.717, 1.165) is 24.7 Å². The molecule has 1 amide bonds. The Balaban J connectivity index is 1.66. The van der Waals surface area contributed by atoms with Crippen LogP contribution in [0.2, 0.25) is 0 Å². The Labute approximate surface area is 84.7 Å². The van der Waals surface area contributed by atoms with E-state index in [4.69, 9.17) is 5.73 Å². The quantitative estimate of drug-likeness (QED) is 0.646. The van der Waals surface area contributed by atoms with Crippen molar-refractivity contribution in [3.63, 3.8) is 0 Å². The molecule has 3 heteroatoms. The number of hydrogen-bond acceptors (Lipinski definition) is 2. The number of rotatable bonds is 4. The van der Waals surface area contributed by atoms with Crippen LogP contribution < -0.4 is 11.1 Å². The zero-order chi connectivity index (χ0) is 9.97. The van der Waals surface area contributed by atoms with Crippen LogP contribution in [0.5, 0.6) is 0 Å². The van der Waals surface area contributed by atoms with E-state index in [1.165, 1.54) is 6.42 Å². The fourth-order valence-electron chi connectivity index (χ4n) is 2.41. The van der Waals surface area contributed by atoms with Crippen LogP contribution in [0.15, 0.2) is 12.2 Å². The lowest BCUT2D eigenvalue weighted by atomic mass is 10.0. The van der Waals surface area contributed by atoms with Crippen LogP contribution in [0.25, 0.3) is 0 Å². The summed E-state index contributed by atoms with van der Waals surface area (Å²) in [7, 11) is 0. The highest BCUT2D eigenvalue weighted by Crippen LogP contribution is 2.54. The van der Waals surface area contributed by atoms with Crippen molar-refractivity contribution in [2.24, 2.45) is 23.5 Å². The molecule has 0 bridgehead atoms. The average Bonchev–Trinajstić information content (AvgIpc) is 2.80. The summed E-state index contributed by atoms with van der Waals surface area (Å²) in [5.74, 6) is 2.29. The molecule has 0 aliphatic heterocycles. The van der Waals surface area contributed by atoms with Gasteiger partial charge < -0.3 is 11.1 Å². The number of hydrogen-bond donors (Lipinski definition) is 2. The molecule has 2 aliphatic rings. The monoisotopic (exact) mass is 194 g/mol. The topological polar surface area (TPSA) is 55.1 Å². The number of nitrogens with one attached hydrogen (secondary N) is 1. The highest BCUT2D eigenvalue weighted by atomic mass is 16.1. The van der Waals surface area contributed by atoms with E-state index in [9.17, 15) is 4.79 Å². The third-order valence-electron chi connectivity index (χ3n) is 3.31. The zero-order valence-corrected chi connectivity index (χ0v) is 8.41. The molecule has 2 aliphatic carbocycles. The number of carbonyl (C=O) groups is 1. The molecule has 0 aromatic heterocycles. The van der Waals surface area contributed by atoms with Gasteiger partial charge in [0.25, 0.3) is 0 Å². The predicted molar refractivity (Wildman–Crippen MR) is 55.5 cm³/mol. The SMILES string of the molecule is NC/C=C/CNC(=O)C1CC2CC2C1. The molecule has 0 aromatic carbocycles. The molecule has 2 unspecified atom stereocenters. The Morgan fingerprint density at radius 2 is 2.00 bits per heavy atom. The fourth-order valence-corrected chi connectivity index (χ4v) is 2.41. The van der Waals surface area contributed by atoms with Gasteiger partial charge in [0.15, 0.2) is 0 Å². The summed E-state index contributed by atoms with van der Waals surface area (Å²) in [6, 6.07) is 0. The lowest BCUT2D eigenvalue weighted by Crippen LogP contribution is -2.30. The van der Waals surface area contributed by atoms with Gasteiger partial charge in [-0.05, 0) is 31.1 Å². The molecule has 0 aromatic rings. The second-order valence-corrected chi connectivity index (χ2v) is 4.38. The molecule has 0 spiro atoms. The number of fused-ring (bicyclic) bond motifs is 1. The van der Waals surface area contributed by atoms with Crippen molar-refractivity contribution >= 4 is 5.91 Å². The fraction of sp³-hybridized carbons (Fsp3) is 0.727. The van der Waals surface area contributed by atoms with E-state index in [-0.39, 0.29) is 5.91 Å². The summed E-state index contributed by atoms with van der Waals surface area (Å²) in [6.07, 6.45) is 7.39. The van der Waals surface area contributed by atoms with Crippen LogP contribution in [0.4, 0.5) is 0 Å². The van der Waals surface area contributed by atoms with Gasteiger partial charge in [0, 0.05) is 19.0 Å². The van der Waals surface area contributed by atoms with Crippen molar-refractivity contribution in [1.82, 2.24) is 5.32 Å². The molecule has 3 nitrogen and oxygen atoms in total. The smallest absolute Gasteiger partial charge is 0.223 e. The number of carbonyl (C=O) groups excluding carboxylic acids is 1. The van der Waals surface area contributed by atoms with Crippen LogP contribution in [0.1, 0.15) is 19.3 Å². The van der Waals surface area contributed by atoms with Crippen molar-refractivity contribution < 1.29 is 4.79 Å². The molecule has 2 fully saturated rings. The summed E-state index contributed by atoms with van der Waals surface area (Å²) in [6.45, 7) is 1.17. The first-order valence-electron chi connectivity index (χ1n) is 5.44. The summed E-state index contributed by atoms with van der Waals surface area (Å²) < 4.78 is 0. The highest BCUT2D eigenvalue weighted by molar-refractivity contribution is 5.79. The average molecular weight is 194 g/mol. The molecule has 2 atom stereocenters. The van der Waals surface area contributed by atoms with Gasteiger partial charge in [-0.25, -0.2) is 0 Å². The van der Waals surface area contributed by atoms with E-state index < -0.39 is 0 Å². The Bertz CT molecular complexity index is 240. The van der Waals surface area contributed by atoms with Crippen LogP contribution >= 0.6 is 0 Å². The van der Waals surface area contributed by atoms with Gasteiger partial charge in [-0.15, -0.1) is 0 Å². The first kappa shape index (κ1) is 9.71. The number of amides is 1. The first-order chi connectivity index (χ1) is 6.81. The molecule has 0 heterocycles. The Morgan fingerprint density at radius 3 is 2.64 bits per heavy atom. The van der Waals surface area contributed by atoms with Crippen LogP contribution in [0.3, 0.4) is 0 Å². The minimum atomic E-state index is 0.235. The van der Waals surface area contributed by atoms with Crippen LogP contribution in [-0.2, 0) is 4.79 Å². The van der Waals surface area contributed by atoms with Gasteiger partial charge in [-0.3, -0.25) is 4.79 Å².